The van der Waals surface area contributed by atoms with Crippen LogP contribution in [-0.2, 0) is 6.42 Å². The maximum atomic E-state index is 9.03. The van der Waals surface area contributed by atoms with E-state index >= 15 is 0 Å². The number of unbranched alkanes of at least 4 members (excludes halogenated alkanes) is 4. The lowest BCUT2D eigenvalue weighted by atomic mass is 10.1. The average molecular weight is 279 g/mol. The summed E-state index contributed by atoms with van der Waals surface area (Å²) in [6, 6.07) is 10.2. The van der Waals surface area contributed by atoms with E-state index in [1.807, 2.05) is 30.0 Å². The molecule has 0 unspecified atom stereocenters. The second-order valence-corrected chi connectivity index (χ2v) is 5.90. The highest BCUT2D eigenvalue weighted by Crippen LogP contribution is 2.11. The van der Waals surface area contributed by atoms with Gasteiger partial charge in [-0.15, -0.1) is 0 Å². The van der Waals surface area contributed by atoms with Crippen LogP contribution in [0.25, 0.3) is 0 Å². The molecule has 19 heavy (non-hydrogen) atoms. The molecule has 0 aliphatic carbocycles. The van der Waals surface area contributed by atoms with Gasteiger partial charge in [0, 0.05) is 12.2 Å². The van der Waals surface area contributed by atoms with Gasteiger partial charge >= 0.3 is 0 Å². The predicted molar refractivity (Wildman–Crippen MR) is 85.5 cm³/mol. The number of thioether (sulfide) groups is 1. The molecule has 0 aliphatic heterocycles. The van der Waals surface area contributed by atoms with E-state index in [1.54, 1.807) is 0 Å². The Morgan fingerprint density at radius 2 is 1.84 bits per heavy atom. The Balaban J connectivity index is 2.13. The maximum Gasteiger partial charge on any atom is 0.0713 e. The molecule has 1 aromatic carbocycles. The van der Waals surface area contributed by atoms with Crippen molar-refractivity contribution in [3.05, 3.63) is 35.9 Å². The number of hydrogen-bond acceptors (Lipinski definition) is 3. The minimum Gasteiger partial charge on any atom is -0.411 e. The van der Waals surface area contributed by atoms with Gasteiger partial charge in [0.1, 0.15) is 0 Å². The summed E-state index contributed by atoms with van der Waals surface area (Å²) in [6.07, 6.45) is 7.34. The van der Waals surface area contributed by atoms with Crippen LogP contribution >= 0.6 is 11.8 Å². The van der Waals surface area contributed by atoms with Crippen LogP contribution in [0.2, 0.25) is 0 Å². The van der Waals surface area contributed by atoms with Crippen LogP contribution in [0.4, 0.5) is 0 Å². The highest BCUT2D eigenvalue weighted by molar-refractivity contribution is 7.99. The smallest absolute Gasteiger partial charge is 0.0713 e. The number of benzene rings is 1. The third kappa shape index (κ3) is 7.93. The summed E-state index contributed by atoms with van der Waals surface area (Å²) in [6.45, 7) is 2.24. The first-order chi connectivity index (χ1) is 9.36. The SMILES string of the molecule is CCCCCCCSC/C(Cc1ccccc1)=N\O. The topological polar surface area (TPSA) is 32.6 Å². The van der Waals surface area contributed by atoms with Crippen molar-refractivity contribution in [2.45, 2.75) is 45.4 Å². The molecule has 0 aromatic heterocycles. The number of oxime groups is 1. The van der Waals surface area contributed by atoms with Crippen LogP contribution in [0.15, 0.2) is 35.5 Å². The lowest BCUT2D eigenvalue weighted by Gasteiger charge is -2.05. The molecule has 0 aliphatic rings. The fourth-order valence-electron chi connectivity index (χ4n) is 1.94. The van der Waals surface area contributed by atoms with Gasteiger partial charge in [-0.3, -0.25) is 0 Å². The van der Waals surface area contributed by atoms with Crippen molar-refractivity contribution >= 4 is 17.5 Å². The van der Waals surface area contributed by atoms with Gasteiger partial charge in [0.25, 0.3) is 0 Å². The molecule has 1 N–H and O–H groups in total. The van der Waals surface area contributed by atoms with Crippen LogP contribution in [0, 0.1) is 0 Å². The maximum absolute atomic E-state index is 9.03. The first kappa shape index (κ1) is 16.1. The summed E-state index contributed by atoms with van der Waals surface area (Å²) in [4.78, 5) is 0. The molecule has 106 valence electrons. The third-order valence-electron chi connectivity index (χ3n) is 3.05. The zero-order valence-electron chi connectivity index (χ0n) is 11.8. The van der Waals surface area contributed by atoms with Gasteiger partial charge < -0.3 is 5.21 Å². The molecule has 0 heterocycles. The fourth-order valence-corrected chi connectivity index (χ4v) is 2.89. The van der Waals surface area contributed by atoms with Gasteiger partial charge in [0.05, 0.1) is 5.71 Å². The second-order valence-electron chi connectivity index (χ2n) is 4.80. The zero-order chi connectivity index (χ0) is 13.8. The van der Waals surface area contributed by atoms with E-state index < -0.39 is 0 Å². The third-order valence-corrected chi connectivity index (χ3v) is 4.17. The van der Waals surface area contributed by atoms with Crippen molar-refractivity contribution in [1.82, 2.24) is 0 Å². The predicted octanol–water partition coefficient (Wildman–Crippen LogP) is 4.76. The van der Waals surface area contributed by atoms with Crippen LogP contribution in [0.1, 0.15) is 44.6 Å². The molecule has 0 bridgehead atoms. The van der Waals surface area contributed by atoms with Crippen molar-refractivity contribution in [3.8, 4) is 0 Å². The highest BCUT2D eigenvalue weighted by atomic mass is 32.2. The van der Waals surface area contributed by atoms with Crippen molar-refractivity contribution in [2.75, 3.05) is 11.5 Å². The van der Waals surface area contributed by atoms with E-state index in [0.717, 1.165) is 23.6 Å². The molecule has 0 radical (unpaired) electrons. The van der Waals surface area contributed by atoms with Crippen molar-refractivity contribution in [3.63, 3.8) is 0 Å². The van der Waals surface area contributed by atoms with E-state index in [-0.39, 0.29) is 0 Å². The molecule has 0 saturated heterocycles. The Hall–Kier alpha value is -0.960. The largest absolute Gasteiger partial charge is 0.411 e. The number of hydrogen-bond donors (Lipinski definition) is 1. The van der Waals surface area contributed by atoms with E-state index in [0.29, 0.717) is 0 Å². The van der Waals surface area contributed by atoms with Gasteiger partial charge in [-0.2, -0.15) is 11.8 Å². The minimum absolute atomic E-state index is 0.750. The van der Waals surface area contributed by atoms with Gasteiger partial charge in [-0.1, -0.05) is 68.1 Å². The summed E-state index contributed by atoms with van der Waals surface area (Å²) in [5.74, 6) is 2.00. The lowest BCUT2D eigenvalue weighted by molar-refractivity contribution is 0.318. The molecule has 0 amide bonds. The van der Waals surface area contributed by atoms with Crippen LogP contribution in [-0.4, -0.2) is 22.4 Å². The number of rotatable bonds is 10. The van der Waals surface area contributed by atoms with E-state index in [2.05, 4.69) is 24.2 Å². The summed E-state index contributed by atoms with van der Waals surface area (Å²) < 4.78 is 0. The molecular weight excluding hydrogens is 254 g/mol. The van der Waals surface area contributed by atoms with Crippen LogP contribution in [0.3, 0.4) is 0 Å². The van der Waals surface area contributed by atoms with Gasteiger partial charge in [-0.25, -0.2) is 0 Å². The normalized spacial score (nSPS) is 11.7. The fraction of sp³-hybridized carbons (Fsp3) is 0.562. The second kappa shape index (κ2) is 10.9. The molecule has 3 heteroatoms. The molecule has 0 atom stereocenters. The Morgan fingerprint density at radius 1 is 1.11 bits per heavy atom. The Morgan fingerprint density at radius 3 is 2.53 bits per heavy atom. The molecular formula is C16H25NOS. The number of nitrogens with zero attached hydrogens (tertiary/aromatic N) is 1. The van der Waals surface area contributed by atoms with Crippen molar-refractivity contribution in [2.24, 2.45) is 5.16 Å². The minimum atomic E-state index is 0.750. The van der Waals surface area contributed by atoms with E-state index in [4.69, 9.17) is 5.21 Å². The zero-order valence-corrected chi connectivity index (χ0v) is 12.7. The first-order valence-corrected chi connectivity index (χ1v) is 8.33. The van der Waals surface area contributed by atoms with Crippen LogP contribution in [0.5, 0.6) is 0 Å². The Kier molecular flexibility index (Phi) is 9.25. The summed E-state index contributed by atoms with van der Waals surface area (Å²) >= 11 is 1.87. The van der Waals surface area contributed by atoms with Gasteiger partial charge in [0.2, 0.25) is 0 Å². The van der Waals surface area contributed by atoms with Gasteiger partial charge in [-0.05, 0) is 17.7 Å². The lowest BCUT2D eigenvalue weighted by Crippen LogP contribution is -2.07. The van der Waals surface area contributed by atoms with Gasteiger partial charge in [0.15, 0.2) is 0 Å². The molecule has 0 spiro atoms. The molecule has 2 nitrogen and oxygen atoms in total. The highest BCUT2D eigenvalue weighted by Gasteiger charge is 2.02. The quantitative estimate of drug-likeness (QED) is 0.290. The summed E-state index contributed by atoms with van der Waals surface area (Å²) in [5.41, 5.74) is 2.07. The summed E-state index contributed by atoms with van der Waals surface area (Å²) in [5, 5.41) is 12.5. The molecule has 0 fully saturated rings. The van der Waals surface area contributed by atoms with E-state index in [1.165, 1.54) is 37.7 Å². The van der Waals surface area contributed by atoms with E-state index in [9.17, 15) is 0 Å². The van der Waals surface area contributed by atoms with Crippen LogP contribution < -0.4 is 0 Å². The summed E-state index contributed by atoms with van der Waals surface area (Å²) in [7, 11) is 0. The standard InChI is InChI=1S/C16H25NOS/c1-2-3-4-5-9-12-19-14-16(17-18)13-15-10-7-6-8-11-15/h6-8,10-11,18H,2-5,9,12-14H2,1H3/b17-16-. The monoisotopic (exact) mass is 279 g/mol. The first-order valence-electron chi connectivity index (χ1n) is 7.18. The van der Waals surface area contributed by atoms with Crippen molar-refractivity contribution < 1.29 is 5.21 Å². The average Bonchev–Trinajstić information content (AvgIpc) is 2.46. The Labute approximate surface area is 121 Å². The molecule has 1 rings (SSSR count). The molecule has 1 aromatic rings. The Bertz CT molecular complexity index is 351. The molecule has 0 saturated carbocycles. The van der Waals surface area contributed by atoms with Crippen molar-refractivity contribution in [1.29, 1.82) is 0 Å².